The summed E-state index contributed by atoms with van der Waals surface area (Å²) >= 11 is 0. The van der Waals surface area contributed by atoms with Gasteiger partial charge in [0, 0.05) is 12.8 Å². The fourth-order valence-electron chi connectivity index (χ4n) is 3.05. The van der Waals surface area contributed by atoms with E-state index in [-0.39, 0.29) is 23.7 Å². The Bertz CT molecular complexity index is 298. The lowest BCUT2D eigenvalue weighted by atomic mass is 9.78. The molecule has 0 heterocycles. The van der Waals surface area contributed by atoms with Crippen LogP contribution in [-0.4, -0.2) is 17.4 Å². The van der Waals surface area contributed by atoms with E-state index in [4.69, 9.17) is 4.74 Å². The summed E-state index contributed by atoms with van der Waals surface area (Å²) < 4.78 is 5.44. The first-order valence-corrected chi connectivity index (χ1v) is 6.11. The summed E-state index contributed by atoms with van der Waals surface area (Å²) in [7, 11) is 0. The number of fused-ring (bicyclic) bond motifs is 2. The molecule has 2 fully saturated rings. The third kappa shape index (κ3) is 2.28. The molecule has 0 spiro atoms. The van der Waals surface area contributed by atoms with Crippen LogP contribution in [0.25, 0.3) is 0 Å². The van der Waals surface area contributed by atoms with Crippen molar-refractivity contribution in [3.05, 3.63) is 0 Å². The van der Waals surface area contributed by atoms with Gasteiger partial charge in [0.25, 0.3) is 0 Å². The molecule has 1 unspecified atom stereocenters. The molecule has 3 atom stereocenters. The Labute approximate surface area is 96.5 Å². The molecule has 0 aromatic rings. The average Bonchev–Trinajstić information content (AvgIpc) is 2.36. The van der Waals surface area contributed by atoms with Crippen LogP contribution in [0.15, 0.2) is 0 Å². The van der Waals surface area contributed by atoms with Crippen LogP contribution < -0.4 is 0 Å². The minimum atomic E-state index is -0.419. The summed E-state index contributed by atoms with van der Waals surface area (Å²) in [6, 6.07) is 0. The van der Waals surface area contributed by atoms with Crippen LogP contribution in [0.4, 0.5) is 0 Å². The molecule has 0 N–H and O–H groups in total. The first-order valence-electron chi connectivity index (χ1n) is 6.11. The molecule has 16 heavy (non-hydrogen) atoms. The number of hydrogen-bond acceptors (Lipinski definition) is 3. The second-order valence-corrected chi connectivity index (χ2v) is 6.10. The number of ether oxygens (including phenoxy) is 1. The predicted octanol–water partition coefficient (Wildman–Crippen LogP) is 2.33. The Morgan fingerprint density at radius 2 is 1.69 bits per heavy atom. The maximum absolute atomic E-state index is 12.0. The number of rotatable bonds is 1. The van der Waals surface area contributed by atoms with Gasteiger partial charge in [0.05, 0.1) is 5.92 Å². The van der Waals surface area contributed by atoms with Crippen molar-refractivity contribution in [1.29, 1.82) is 0 Å². The van der Waals surface area contributed by atoms with Crippen molar-refractivity contribution in [3.63, 3.8) is 0 Å². The maximum Gasteiger partial charge on any atom is 0.310 e. The molecule has 0 aromatic carbocycles. The van der Waals surface area contributed by atoms with E-state index in [1.807, 2.05) is 20.8 Å². The zero-order valence-corrected chi connectivity index (χ0v) is 10.3. The van der Waals surface area contributed by atoms with Crippen molar-refractivity contribution in [2.75, 3.05) is 0 Å². The van der Waals surface area contributed by atoms with E-state index in [1.54, 1.807) is 0 Å². The fraction of sp³-hybridized carbons (Fsp3) is 0.846. The summed E-state index contributed by atoms with van der Waals surface area (Å²) in [6.45, 7) is 5.67. The number of carbonyl (C=O) groups is 2. The zero-order valence-electron chi connectivity index (χ0n) is 10.3. The van der Waals surface area contributed by atoms with E-state index >= 15 is 0 Å². The first kappa shape index (κ1) is 11.6. The molecule has 2 aliphatic rings. The zero-order chi connectivity index (χ0) is 11.9. The van der Waals surface area contributed by atoms with E-state index in [2.05, 4.69) is 0 Å². The molecule has 90 valence electrons. The van der Waals surface area contributed by atoms with Crippen molar-refractivity contribution < 1.29 is 14.3 Å². The molecular weight excluding hydrogens is 204 g/mol. The van der Waals surface area contributed by atoms with Gasteiger partial charge >= 0.3 is 5.97 Å². The van der Waals surface area contributed by atoms with Gasteiger partial charge in [0.2, 0.25) is 0 Å². The molecule has 0 saturated heterocycles. The highest BCUT2D eigenvalue weighted by atomic mass is 16.6. The Balaban J connectivity index is 2.06. The van der Waals surface area contributed by atoms with Crippen LogP contribution in [-0.2, 0) is 14.3 Å². The molecule has 2 rings (SSSR count). The summed E-state index contributed by atoms with van der Waals surface area (Å²) in [6.07, 6.45) is 3.20. The van der Waals surface area contributed by atoms with Crippen molar-refractivity contribution in [3.8, 4) is 0 Å². The van der Waals surface area contributed by atoms with Crippen LogP contribution in [0.3, 0.4) is 0 Å². The molecule has 2 bridgehead atoms. The van der Waals surface area contributed by atoms with Crippen molar-refractivity contribution >= 4 is 11.8 Å². The largest absolute Gasteiger partial charge is 0.460 e. The molecule has 3 heteroatoms. The maximum atomic E-state index is 12.0. The highest BCUT2D eigenvalue weighted by molar-refractivity contribution is 5.84. The second kappa shape index (κ2) is 3.86. The van der Waals surface area contributed by atoms with Crippen LogP contribution >= 0.6 is 0 Å². The van der Waals surface area contributed by atoms with Crippen LogP contribution in [0.1, 0.15) is 46.5 Å². The molecule has 0 radical (unpaired) electrons. The van der Waals surface area contributed by atoms with Crippen molar-refractivity contribution in [2.24, 2.45) is 17.8 Å². The van der Waals surface area contributed by atoms with Gasteiger partial charge in [-0.2, -0.15) is 0 Å². The normalized spacial score (nSPS) is 33.9. The minimum absolute atomic E-state index is 0.0167. The first-order chi connectivity index (χ1) is 7.37. The lowest BCUT2D eigenvalue weighted by Crippen LogP contribution is -2.37. The van der Waals surface area contributed by atoms with Crippen LogP contribution in [0.5, 0.6) is 0 Å². The standard InChI is InChI=1S/C13H20O3/c1-13(2,3)16-12(15)11-8-4-5-9(11)7-10(14)6-8/h8-9,11H,4-7H2,1-3H3/t8-,9+,11?. The Kier molecular flexibility index (Phi) is 2.81. The highest BCUT2D eigenvalue weighted by Gasteiger charge is 2.47. The summed E-state index contributed by atoms with van der Waals surface area (Å²) in [5.74, 6) is 0.721. The van der Waals surface area contributed by atoms with E-state index in [0.29, 0.717) is 18.6 Å². The molecule has 0 aromatic heterocycles. The Morgan fingerprint density at radius 3 is 2.12 bits per heavy atom. The third-order valence-electron chi connectivity index (χ3n) is 3.58. The van der Waals surface area contributed by atoms with Gasteiger partial charge in [-0.3, -0.25) is 9.59 Å². The van der Waals surface area contributed by atoms with Gasteiger partial charge in [-0.15, -0.1) is 0 Å². The Morgan fingerprint density at radius 1 is 1.19 bits per heavy atom. The van der Waals surface area contributed by atoms with E-state index < -0.39 is 5.60 Å². The smallest absolute Gasteiger partial charge is 0.310 e. The molecule has 0 aliphatic heterocycles. The lowest BCUT2D eigenvalue weighted by Gasteiger charge is -2.30. The fourth-order valence-corrected chi connectivity index (χ4v) is 3.05. The van der Waals surface area contributed by atoms with Crippen LogP contribution in [0, 0.1) is 17.8 Å². The summed E-state index contributed by atoms with van der Waals surface area (Å²) in [4.78, 5) is 23.5. The number of ketones is 1. The average molecular weight is 224 g/mol. The predicted molar refractivity (Wildman–Crippen MR) is 59.8 cm³/mol. The minimum Gasteiger partial charge on any atom is -0.460 e. The Hall–Kier alpha value is -0.860. The summed E-state index contributed by atoms with van der Waals surface area (Å²) in [5, 5.41) is 0. The third-order valence-corrected chi connectivity index (χ3v) is 3.58. The quantitative estimate of drug-likeness (QED) is 0.642. The van der Waals surface area contributed by atoms with Gasteiger partial charge in [0.1, 0.15) is 11.4 Å². The van der Waals surface area contributed by atoms with Gasteiger partial charge in [-0.1, -0.05) is 0 Å². The molecule has 0 amide bonds. The second-order valence-electron chi connectivity index (χ2n) is 6.10. The monoisotopic (exact) mass is 224 g/mol. The van der Waals surface area contributed by atoms with Crippen LogP contribution in [0.2, 0.25) is 0 Å². The number of hydrogen-bond donors (Lipinski definition) is 0. The molecule has 2 aliphatic carbocycles. The van der Waals surface area contributed by atoms with Gasteiger partial charge in [-0.05, 0) is 45.4 Å². The number of carbonyl (C=O) groups excluding carboxylic acids is 2. The number of esters is 1. The molecule has 3 nitrogen and oxygen atoms in total. The van der Waals surface area contributed by atoms with E-state index in [0.717, 1.165) is 12.8 Å². The molecule has 2 saturated carbocycles. The van der Waals surface area contributed by atoms with Gasteiger partial charge in [0.15, 0.2) is 0 Å². The summed E-state index contributed by atoms with van der Waals surface area (Å²) in [5.41, 5.74) is -0.419. The van der Waals surface area contributed by atoms with Gasteiger partial charge in [-0.25, -0.2) is 0 Å². The SMILES string of the molecule is CC(C)(C)OC(=O)C1[C@@H]2CC[C@H]1CC(=O)C2. The molecular formula is C13H20O3. The van der Waals surface area contributed by atoms with E-state index in [9.17, 15) is 9.59 Å². The van der Waals surface area contributed by atoms with Crippen molar-refractivity contribution in [1.82, 2.24) is 0 Å². The van der Waals surface area contributed by atoms with Gasteiger partial charge < -0.3 is 4.74 Å². The van der Waals surface area contributed by atoms with E-state index in [1.165, 1.54) is 0 Å². The number of Topliss-reactive ketones (excluding diaryl/α,β-unsaturated/α-hetero) is 1. The lowest BCUT2D eigenvalue weighted by molar-refractivity contribution is -0.164. The van der Waals surface area contributed by atoms with Crippen molar-refractivity contribution in [2.45, 2.75) is 52.1 Å². The topological polar surface area (TPSA) is 43.4 Å². The highest BCUT2D eigenvalue weighted by Crippen LogP contribution is 2.46.